The molecule has 20 heavy (non-hydrogen) atoms. The Morgan fingerprint density at radius 3 is 2.75 bits per heavy atom. The molecule has 0 atom stereocenters. The van der Waals surface area contributed by atoms with Crippen molar-refractivity contribution in [1.29, 1.82) is 0 Å². The number of esters is 1. The van der Waals surface area contributed by atoms with E-state index in [0.29, 0.717) is 24.7 Å². The van der Waals surface area contributed by atoms with Crippen LogP contribution < -0.4 is 0 Å². The average Bonchev–Trinajstić information content (AvgIpc) is 2.82. The Labute approximate surface area is 115 Å². The molecule has 0 N–H and O–H groups in total. The van der Waals surface area contributed by atoms with Gasteiger partial charge >= 0.3 is 5.97 Å². The minimum atomic E-state index is -0.514. The van der Waals surface area contributed by atoms with Crippen LogP contribution in [-0.2, 0) is 16.0 Å². The zero-order valence-corrected chi connectivity index (χ0v) is 11.3. The highest BCUT2D eigenvalue weighted by molar-refractivity contribution is 5.88. The Hall–Kier alpha value is -2.35. The van der Waals surface area contributed by atoms with Crippen molar-refractivity contribution in [1.82, 2.24) is 25.0 Å². The molecule has 106 valence electrons. The zero-order valence-electron chi connectivity index (χ0n) is 11.3. The van der Waals surface area contributed by atoms with Crippen molar-refractivity contribution in [2.45, 2.75) is 13.5 Å². The van der Waals surface area contributed by atoms with Crippen LogP contribution in [0.5, 0.6) is 0 Å². The molecule has 0 bridgehead atoms. The molecular weight excluding hydrogens is 262 g/mol. The van der Waals surface area contributed by atoms with Crippen molar-refractivity contribution in [3.63, 3.8) is 0 Å². The molecule has 8 nitrogen and oxygen atoms in total. The number of hydrogen-bond donors (Lipinski definition) is 0. The first-order valence-electron chi connectivity index (χ1n) is 6.04. The fourth-order valence-corrected chi connectivity index (χ4v) is 1.53. The van der Waals surface area contributed by atoms with E-state index in [9.17, 15) is 4.79 Å². The lowest BCUT2D eigenvalue weighted by molar-refractivity contribution is 0.0380. The van der Waals surface area contributed by atoms with Gasteiger partial charge in [-0.3, -0.25) is 0 Å². The number of rotatable bonds is 6. The van der Waals surface area contributed by atoms with Crippen LogP contribution in [-0.4, -0.2) is 51.3 Å². The van der Waals surface area contributed by atoms with E-state index in [4.69, 9.17) is 9.47 Å². The maximum atomic E-state index is 11.8. The summed E-state index contributed by atoms with van der Waals surface area (Å²) in [6, 6.07) is 1.73. The third kappa shape index (κ3) is 3.35. The van der Waals surface area contributed by atoms with Gasteiger partial charge in [0.1, 0.15) is 19.0 Å². The normalized spacial score (nSPS) is 10.5. The van der Waals surface area contributed by atoms with Crippen molar-refractivity contribution in [2.24, 2.45) is 0 Å². The maximum Gasteiger partial charge on any atom is 0.360 e. The van der Waals surface area contributed by atoms with Crippen molar-refractivity contribution in [3.05, 3.63) is 35.7 Å². The van der Waals surface area contributed by atoms with Crippen LogP contribution in [0.15, 0.2) is 18.5 Å². The van der Waals surface area contributed by atoms with E-state index < -0.39 is 5.97 Å². The molecule has 2 heterocycles. The van der Waals surface area contributed by atoms with E-state index in [2.05, 4.69) is 20.3 Å². The molecule has 0 saturated heterocycles. The molecule has 0 aliphatic carbocycles. The summed E-state index contributed by atoms with van der Waals surface area (Å²) in [6.07, 6.45) is 3.29. The van der Waals surface area contributed by atoms with Gasteiger partial charge in [-0.05, 0) is 13.0 Å². The SMILES string of the molecule is COCCOC(=O)c1nnn(Cc2ncccn2)c1C. The molecule has 0 radical (unpaired) electrons. The maximum absolute atomic E-state index is 11.8. The number of ether oxygens (including phenoxy) is 2. The van der Waals surface area contributed by atoms with Crippen LogP contribution in [0.3, 0.4) is 0 Å². The lowest BCUT2D eigenvalue weighted by Gasteiger charge is -2.03. The van der Waals surface area contributed by atoms with E-state index in [0.717, 1.165) is 0 Å². The number of carbonyl (C=O) groups excluding carboxylic acids is 1. The first kappa shape index (κ1) is 14.1. The molecule has 0 aliphatic heterocycles. The third-order valence-electron chi connectivity index (χ3n) is 2.61. The molecule has 0 amide bonds. The van der Waals surface area contributed by atoms with Crippen molar-refractivity contribution >= 4 is 5.97 Å². The minimum Gasteiger partial charge on any atom is -0.458 e. The molecule has 0 spiro atoms. The van der Waals surface area contributed by atoms with Gasteiger partial charge in [0.05, 0.1) is 12.3 Å². The fraction of sp³-hybridized carbons (Fsp3) is 0.417. The van der Waals surface area contributed by atoms with Gasteiger partial charge in [0, 0.05) is 19.5 Å². The summed E-state index contributed by atoms with van der Waals surface area (Å²) in [5.74, 6) is 0.0829. The Morgan fingerprint density at radius 2 is 2.05 bits per heavy atom. The van der Waals surface area contributed by atoms with Gasteiger partial charge in [0.2, 0.25) is 0 Å². The van der Waals surface area contributed by atoms with Crippen molar-refractivity contribution in [3.8, 4) is 0 Å². The predicted octanol–water partition coefficient (Wildman–Crippen LogP) is 0.228. The third-order valence-corrected chi connectivity index (χ3v) is 2.61. The second-order valence-corrected chi connectivity index (χ2v) is 3.97. The summed E-state index contributed by atoms with van der Waals surface area (Å²) in [6.45, 7) is 2.63. The molecule has 0 aliphatic rings. The van der Waals surface area contributed by atoms with E-state index in [1.807, 2.05) is 0 Å². The Bertz CT molecular complexity index is 570. The number of carbonyl (C=O) groups is 1. The van der Waals surface area contributed by atoms with Crippen molar-refractivity contribution < 1.29 is 14.3 Å². The lowest BCUT2D eigenvalue weighted by Crippen LogP contribution is -2.12. The minimum absolute atomic E-state index is 0.184. The average molecular weight is 277 g/mol. The summed E-state index contributed by atoms with van der Waals surface area (Å²) in [7, 11) is 1.54. The van der Waals surface area contributed by atoms with Gasteiger partial charge in [0.15, 0.2) is 5.69 Å². The summed E-state index contributed by atoms with van der Waals surface area (Å²) >= 11 is 0. The second kappa shape index (κ2) is 6.71. The first-order valence-corrected chi connectivity index (χ1v) is 6.04. The van der Waals surface area contributed by atoms with Crippen LogP contribution in [0.25, 0.3) is 0 Å². The van der Waals surface area contributed by atoms with E-state index in [1.165, 1.54) is 7.11 Å². The number of nitrogens with zero attached hydrogens (tertiary/aromatic N) is 5. The lowest BCUT2D eigenvalue weighted by atomic mass is 10.3. The standard InChI is InChI=1S/C12H15N5O3/c1-9-11(12(18)20-7-6-19-2)15-16-17(9)8-10-13-4-3-5-14-10/h3-5H,6-8H2,1-2H3. The Kier molecular flexibility index (Phi) is 4.72. The fourth-order valence-electron chi connectivity index (χ4n) is 1.53. The van der Waals surface area contributed by atoms with Gasteiger partial charge in [-0.2, -0.15) is 0 Å². The highest BCUT2D eigenvalue weighted by atomic mass is 16.6. The number of methoxy groups -OCH3 is 1. The van der Waals surface area contributed by atoms with Crippen LogP contribution in [0.1, 0.15) is 22.0 Å². The molecule has 0 fully saturated rings. The summed E-state index contributed by atoms with van der Waals surface area (Å²) in [5.41, 5.74) is 0.803. The molecule has 8 heteroatoms. The van der Waals surface area contributed by atoms with Gasteiger partial charge in [-0.15, -0.1) is 5.10 Å². The monoisotopic (exact) mass is 277 g/mol. The van der Waals surface area contributed by atoms with Crippen LogP contribution in [0.2, 0.25) is 0 Å². The number of hydrogen-bond acceptors (Lipinski definition) is 7. The quantitative estimate of drug-likeness (QED) is 0.551. The zero-order chi connectivity index (χ0) is 14.4. The van der Waals surface area contributed by atoms with E-state index >= 15 is 0 Å². The number of aromatic nitrogens is 5. The van der Waals surface area contributed by atoms with Crippen LogP contribution in [0.4, 0.5) is 0 Å². The molecule has 2 rings (SSSR count). The molecule has 0 aromatic carbocycles. The smallest absolute Gasteiger partial charge is 0.360 e. The van der Waals surface area contributed by atoms with Gasteiger partial charge in [0.25, 0.3) is 0 Å². The highest BCUT2D eigenvalue weighted by Crippen LogP contribution is 2.07. The Morgan fingerprint density at radius 1 is 1.30 bits per heavy atom. The summed E-state index contributed by atoms with van der Waals surface area (Å²) in [5, 5.41) is 7.75. The van der Waals surface area contributed by atoms with Gasteiger partial charge < -0.3 is 9.47 Å². The van der Waals surface area contributed by atoms with Gasteiger partial charge in [-0.25, -0.2) is 19.4 Å². The molecule has 2 aromatic heterocycles. The first-order chi connectivity index (χ1) is 9.72. The van der Waals surface area contributed by atoms with E-state index in [1.54, 1.807) is 30.1 Å². The Balaban J connectivity index is 2.05. The predicted molar refractivity (Wildman–Crippen MR) is 68.1 cm³/mol. The molecular formula is C12H15N5O3. The largest absolute Gasteiger partial charge is 0.458 e. The van der Waals surface area contributed by atoms with E-state index in [-0.39, 0.29) is 12.3 Å². The molecule has 0 saturated carbocycles. The second-order valence-electron chi connectivity index (χ2n) is 3.97. The molecule has 2 aromatic rings. The van der Waals surface area contributed by atoms with Crippen LogP contribution in [0, 0.1) is 6.92 Å². The summed E-state index contributed by atoms with van der Waals surface area (Å²) < 4.78 is 11.4. The topological polar surface area (TPSA) is 92.0 Å². The highest BCUT2D eigenvalue weighted by Gasteiger charge is 2.18. The summed E-state index contributed by atoms with van der Waals surface area (Å²) in [4.78, 5) is 20.0. The molecule has 0 unspecified atom stereocenters. The van der Waals surface area contributed by atoms with Crippen LogP contribution >= 0.6 is 0 Å². The van der Waals surface area contributed by atoms with Crippen molar-refractivity contribution in [2.75, 3.05) is 20.3 Å². The van der Waals surface area contributed by atoms with Gasteiger partial charge in [-0.1, -0.05) is 5.21 Å².